The second-order valence-electron chi connectivity index (χ2n) is 2.76. The number of nitrogens with two attached hydrogens (primary N) is 1. The molecule has 0 saturated carbocycles. The third kappa shape index (κ3) is 2.76. The zero-order valence-corrected chi connectivity index (χ0v) is 8.02. The minimum absolute atomic E-state index is 0.00299. The van der Waals surface area contributed by atoms with Crippen molar-refractivity contribution < 1.29 is 18.4 Å². The van der Waals surface area contributed by atoms with Gasteiger partial charge in [0.05, 0.1) is 4.92 Å². The lowest BCUT2D eigenvalue weighted by Crippen LogP contribution is -2.12. The van der Waals surface area contributed by atoms with Crippen LogP contribution in [0.2, 0.25) is 0 Å². The second-order valence-corrected chi connectivity index (χ2v) is 2.76. The minimum atomic E-state index is -2.70. The van der Waals surface area contributed by atoms with E-state index in [2.05, 4.69) is 10.2 Å². The number of hydrogen-bond acceptors (Lipinski definition) is 5. The fourth-order valence-electron chi connectivity index (χ4n) is 1.10. The minimum Gasteiger partial charge on any atom is -0.481 e. The van der Waals surface area contributed by atoms with Crippen LogP contribution in [0.15, 0.2) is 18.2 Å². The topological polar surface area (TPSA) is 90.4 Å². The van der Waals surface area contributed by atoms with Crippen molar-refractivity contribution in [1.82, 2.24) is 0 Å². The number of nitrogens with zero attached hydrogens (tertiary/aromatic N) is 1. The van der Waals surface area contributed by atoms with Crippen molar-refractivity contribution in [1.29, 1.82) is 0 Å². The molecule has 0 atom stereocenters. The highest BCUT2D eigenvalue weighted by Crippen LogP contribution is 2.34. The Morgan fingerprint density at radius 1 is 1.56 bits per heavy atom. The number of para-hydroxylation sites is 1. The highest BCUT2D eigenvalue weighted by atomic mass is 19.3. The Kier molecular flexibility index (Phi) is 3.95. The van der Waals surface area contributed by atoms with Gasteiger partial charge in [0.2, 0.25) is 0 Å². The molecule has 0 aliphatic carbocycles. The van der Waals surface area contributed by atoms with Crippen LogP contribution in [-0.2, 0) is 0 Å². The third-order valence-electron chi connectivity index (χ3n) is 1.70. The molecule has 1 aromatic carbocycles. The zero-order valence-electron chi connectivity index (χ0n) is 8.02. The van der Waals surface area contributed by atoms with Crippen molar-refractivity contribution in [2.45, 2.75) is 6.43 Å². The third-order valence-corrected chi connectivity index (χ3v) is 1.70. The summed E-state index contributed by atoms with van der Waals surface area (Å²) in [6.07, 6.45) is -2.70. The standard InChI is InChI=1S/C8H9F2N3O3/c9-7(10)4-16-6-3-1-2-5(12-11)8(6)13(14)15/h1-3,7,12H,4,11H2. The summed E-state index contributed by atoms with van der Waals surface area (Å²) in [5.41, 5.74) is 1.63. The molecule has 0 unspecified atom stereocenters. The van der Waals surface area contributed by atoms with E-state index in [0.29, 0.717) is 0 Å². The molecule has 0 amide bonds. The van der Waals surface area contributed by atoms with E-state index < -0.39 is 23.6 Å². The molecule has 1 aromatic rings. The van der Waals surface area contributed by atoms with Gasteiger partial charge in [-0.15, -0.1) is 0 Å². The monoisotopic (exact) mass is 233 g/mol. The molecule has 0 spiro atoms. The van der Waals surface area contributed by atoms with Crippen LogP contribution in [0.3, 0.4) is 0 Å². The van der Waals surface area contributed by atoms with Crippen molar-refractivity contribution in [2.75, 3.05) is 12.0 Å². The number of nitro benzene ring substituents is 1. The first-order valence-electron chi connectivity index (χ1n) is 4.21. The zero-order chi connectivity index (χ0) is 12.1. The number of nitro groups is 1. The Bertz CT molecular complexity index is 387. The van der Waals surface area contributed by atoms with E-state index in [4.69, 9.17) is 5.84 Å². The van der Waals surface area contributed by atoms with E-state index in [-0.39, 0.29) is 11.4 Å². The Balaban J connectivity index is 3.02. The molecule has 0 aromatic heterocycles. The first-order chi connectivity index (χ1) is 7.56. The maximum absolute atomic E-state index is 11.9. The van der Waals surface area contributed by atoms with Crippen LogP contribution in [0.1, 0.15) is 0 Å². The number of nitrogens with one attached hydrogen (secondary N) is 1. The number of alkyl halides is 2. The summed E-state index contributed by atoms with van der Waals surface area (Å²) in [5.74, 6) is 4.81. The van der Waals surface area contributed by atoms with Crippen LogP contribution < -0.4 is 16.0 Å². The molecule has 0 bridgehead atoms. The Hall–Kier alpha value is -1.96. The molecule has 0 saturated heterocycles. The average Bonchev–Trinajstić information content (AvgIpc) is 2.25. The van der Waals surface area contributed by atoms with E-state index in [0.717, 1.165) is 0 Å². The maximum atomic E-state index is 11.9. The van der Waals surface area contributed by atoms with Crippen LogP contribution >= 0.6 is 0 Å². The van der Waals surface area contributed by atoms with Crippen molar-refractivity contribution in [3.63, 3.8) is 0 Å². The van der Waals surface area contributed by atoms with Gasteiger partial charge >= 0.3 is 5.69 Å². The number of hydrogen-bond donors (Lipinski definition) is 2. The Morgan fingerprint density at radius 3 is 2.75 bits per heavy atom. The molecule has 0 fully saturated rings. The number of nitrogen functional groups attached to an aromatic ring is 1. The number of anilines is 1. The molecule has 88 valence electrons. The summed E-state index contributed by atoms with van der Waals surface area (Å²) < 4.78 is 28.4. The highest BCUT2D eigenvalue weighted by molar-refractivity contribution is 5.67. The molecule has 8 heteroatoms. The van der Waals surface area contributed by atoms with Gasteiger partial charge in [-0.25, -0.2) is 8.78 Å². The largest absolute Gasteiger partial charge is 0.481 e. The average molecular weight is 233 g/mol. The molecule has 0 aliphatic heterocycles. The predicted octanol–water partition coefficient (Wildman–Crippen LogP) is 1.52. The van der Waals surface area contributed by atoms with E-state index in [1.807, 2.05) is 0 Å². The van der Waals surface area contributed by atoms with E-state index in [1.165, 1.54) is 18.2 Å². The number of benzene rings is 1. The lowest BCUT2D eigenvalue weighted by Gasteiger charge is -2.08. The summed E-state index contributed by atoms with van der Waals surface area (Å²) in [7, 11) is 0. The van der Waals surface area contributed by atoms with E-state index >= 15 is 0 Å². The first kappa shape index (κ1) is 12.1. The lowest BCUT2D eigenvalue weighted by atomic mass is 10.2. The summed E-state index contributed by atoms with van der Waals surface area (Å²) in [6.45, 7) is -0.908. The molecule has 0 aliphatic rings. The normalized spacial score (nSPS) is 10.2. The molecular weight excluding hydrogens is 224 g/mol. The van der Waals surface area contributed by atoms with E-state index in [9.17, 15) is 18.9 Å². The van der Waals surface area contributed by atoms with E-state index in [1.54, 1.807) is 0 Å². The van der Waals surface area contributed by atoms with Gasteiger partial charge in [-0.05, 0) is 12.1 Å². The van der Waals surface area contributed by atoms with Gasteiger partial charge < -0.3 is 10.2 Å². The second kappa shape index (κ2) is 5.21. The van der Waals surface area contributed by atoms with Gasteiger partial charge in [0.25, 0.3) is 6.43 Å². The van der Waals surface area contributed by atoms with Gasteiger partial charge in [0, 0.05) is 0 Å². The number of hydrazine groups is 1. The van der Waals surface area contributed by atoms with Crippen LogP contribution in [0.4, 0.5) is 20.2 Å². The SMILES string of the molecule is NNc1cccc(OCC(F)F)c1[N+](=O)[O-]. The predicted molar refractivity (Wildman–Crippen MR) is 52.4 cm³/mol. The van der Waals surface area contributed by atoms with Gasteiger partial charge in [-0.3, -0.25) is 16.0 Å². The molecule has 0 heterocycles. The molecule has 1 rings (SSSR count). The van der Waals surface area contributed by atoms with Crippen molar-refractivity contribution >= 4 is 11.4 Å². The summed E-state index contributed by atoms with van der Waals surface area (Å²) in [6, 6.07) is 3.97. The van der Waals surface area contributed by atoms with Gasteiger partial charge in [0.1, 0.15) is 12.3 Å². The smallest absolute Gasteiger partial charge is 0.335 e. The summed E-state index contributed by atoms with van der Waals surface area (Å²) in [4.78, 5) is 9.93. The highest BCUT2D eigenvalue weighted by Gasteiger charge is 2.21. The summed E-state index contributed by atoms with van der Waals surface area (Å²) >= 11 is 0. The van der Waals surface area contributed by atoms with Crippen LogP contribution in [0, 0.1) is 10.1 Å². The van der Waals surface area contributed by atoms with Gasteiger partial charge in [-0.2, -0.15) is 0 Å². The maximum Gasteiger partial charge on any atom is 0.335 e. The number of ether oxygens (including phenoxy) is 1. The Labute approximate surface area is 89.1 Å². The fourth-order valence-corrected chi connectivity index (χ4v) is 1.10. The molecule has 6 nitrogen and oxygen atoms in total. The van der Waals surface area contributed by atoms with Crippen molar-refractivity contribution in [3.05, 3.63) is 28.3 Å². The fraction of sp³-hybridized carbons (Fsp3) is 0.250. The first-order valence-corrected chi connectivity index (χ1v) is 4.21. The molecule has 3 N–H and O–H groups in total. The van der Waals surface area contributed by atoms with Crippen molar-refractivity contribution in [3.8, 4) is 5.75 Å². The van der Waals surface area contributed by atoms with Crippen molar-refractivity contribution in [2.24, 2.45) is 5.84 Å². The molecule has 0 radical (unpaired) electrons. The van der Waals surface area contributed by atoms with Crippen LogP contribution in [0.25, 0.3) is 0 Å². The van der Waals surface area contributed by atoms with Crippen LogP contribution in [-0.4, -0.2) is 18.0 Å². The number of rotatable bonds is 5. The van der Waals surface area contributed by atoms with Gasteiger partial charge in [-0.1, -0.05) is 6.07 Å². The Morgan fingerprint density at radius 2 is 2.25 bits per heavy atom. The lowest BCUT2D eigenvalue weighted by molar-refractivity contribution is -0.385. The van der Waals surface area contributed by atoms with Crippen LogP contribution in [0.5, 0.6) is 5.75 Å². The molecule has 16 heavy (non-hydrogen) atoms. The van der Waals surface area contributed by atoms with Gasteiger partial charge in [0.15, 0.2) is 5.75 Å². The number of halogens is 2. The molecular formula is C8H9F2N3O3. The summed E-state index contributed by atoms with van der Waals surface area (Å²) in [5, 5.41) is 10.7. The quantitative estimate of drug-likeness (QED) is 0.457.